The third kappa shape index (κ3) is 8.91. The fourth-order valence-electron chi connectivity index (χ4n) is 10.9. The van der Waals surface area contributed by atoms with Gasteiger partial charge in [-0.3, -0.25) is 14.4 Å². The molecule has 12 heteroatoms. The van der Waals surface area contributed by atoms with Crippen LogP contribution in [0.4, 0.5) is 0 Å². The van der Waals surface area contributed by atoms with E-state index in [1.165, 1.54) is 33.4 Å². The summed E-state index contributed by atoms with van der Waals surface area (Å²) in [4.78, 5) is 40.2. The average molecular weight is 865 g/mol. The van der Waals surface area contributed by atoms with Crippen LogP contribution in [0, 0.1) is 0 Å². The van der Waals surface area contributed by atoms with Crippen molar-refractivity contribution >= 4 is 39.4 Å². The summed E-state index contributed by atoms with van der Waals surface area (Å²) < 4.78 is 15.9. The van der Waals surface area contributed by atoms with E-state index in [4.69, 9.17) is 20.9 Å². The predicted octanol–water partition coefficient (Wildman–Crippen LogP) is 6.38. The van der Waals surface area contributed by atoms with Crippen molar-refractivity contribution < 1.29 is 29.0 Å². The molecule has 1 atom stereocenters. The number of ketones is 1. The second-order valence-corrected chi connectivity index (χ2v) is 18.1. The first-order valence-electron chi connectivity index (χ1n) is 22.9. The van der Waals surface area contributed by atoms with Gasteiger partial charge < -0.3 is 45.0 Å². The van der Waals surface area contributed by atoms with E-state index < -0.39 is 0 Å². The molecule has 64 heavy (non-hydrogen) atoms. The number of nitrogens with two attached hydrogens (primary N) is 2. The molecule has 334 valence electrons. The minimum absolute atomic E-state index is 0.266. The van der Waals surface area contributed by atoms with Crippen molar-refractivity contribution in [1.29, 1.82) is 0 Å². The molecule has 2 fully saturated rings. The SMILES string of the molecule is COc1ccc2c(c1CCN1CCC(n3ccc4ccc(C(N)=O)cc43)CC1)CC(=O)C2.COc1ccc2c(c1CCN1CCC(n3ccc4ccc(C(N)=O)cc43)CC1)CC(O)C2. The van der Waals surface area contributed by atoms with Crippen molar-refractivity contribution in [2.75, 3.05) is 53.5 Å². The van der Waals surface area contributed by atoms with Crippen molar-refractivity contribution in [3.8, 4) is 11.5 Å². The second-order valence-electron chi connectivity index (χ2n) is 18.1. The first kappa shape index (κ1) is 43.3. The zero-order valence-electron chi connectivity index (χ0n) is 37.1. The number of methoxy groups -OCH3 is 2. The Morgan fingerprint density at radius 3 is 1.59 bits per heavy atom. The maximum atomic E-state index is 12.0. The molecule has 6 aromatic rings. The molecular formula is C52H60N6O6. The van der Waals surface area contributed by atoms with Gasteiger partial charge >= 0.3 is 0 Å². The van der Waals surface area contributed by atoms with Crippen molar-refractivity contribution in [3.63, 3.8) is 0 Å². The van der Waals surface area contributed by atoms with Crippen LogP contribution in [-0.2, 0) is 43.3 Å². The molecule has 2 amide bonds. The number of carbonyl (C=O) groups excluding carboxylic acids is 3. The van der Waals surface area contributed by atoms with Crippen molar-refractivity contribution in [1.82, 2.24) is 18.9 Å². The van der Waals surface area contributed by atoms with Gasteiger partial charge in [-0.15, -0.1) is 0 Å². The van der Waals surface area contributed by atoms with Gasteiger partial charge in [0.1, 0.15) is 17.3 Å². The number of primary amides is 2. The van der Waals surface area contributed by atoms with E-state index in [9.17, 15) is 19.5 Å². The molecule has 12 nitrogen and oxygen atoms in total. The van der Waals surface area contributed by atoms with Crippen LogP contribution in [0.15, 0.2) is 85.2 Å². The molecule has 4 heterocycles. The molecule has 2 aliphatic carbocycles. The third-order valence-corrected chi connectivity index (χ3v) is 14.3. The highest BCUT2D eigenvalue weighted by Crippen LogP contribution is 2.35. The Morgan fingerprint density at radius 2 is 1.11 bits per heavy atom. The molecular weight excluding hydrogens is 805 g/mol. The summed E-state index contributed by atoms with van der Waals surface area (Å²) in [7, 11) is 3.44. The smallest absolute Gasteiger partial charge is 0.248 e. The molecule has 10 rings (SSSR count). The minimum Gasteiger partial charge on any atom is -0.496 e. The topological polar surface area (TPSA) is 158 Å². The Morgan fingerprint density at radius 1 is 0.625 bits per heavy atom. The van der Waals surface area contributed by atoms with E-state index in [0.29, 0.717) is 41.8 Å². The Balaban J connectivity index is 0.000000162. The number of hydrogen-bond donors (Lipinski definition) is 3. The van der Waals surface area contributed by atoms with Crippen LogP contribution < -0.4 is 20.9 Å². The fraction of sp³-hybridized carbons (Fsp3) is 0.404. The number of rotatable bonds is 12. The third-order valence-electron chi connectivity index (χ3n) is 14.3. The van der Waals surface area contributed by atoms with Crippen molar-refractivity contribution in [2.45, 2.75) is 82.4 Å². The standard InChI is InChI=1S/C26H31N3O3.C26H29N3O3/c2*1-32-25-5-4-18-14-21(30)16-23(18)22(25)9-12-28-10-7-20(8-11-28)29-13-6-17-2-3-19(26(27)31)15-24(17)29/h2-6,13,15,20-21,30H,7-12,14,16H2,1H3,(H2,27,31);2-6,13,15,20H,7-12,14,16H2,1H3,(H2,27,31). The number of carbonyl (C=O) groups is 3. The van der Waals surface area contributed by atoms with Crippen molar-refractivity contribution in [3.05, 3.63) is 130 Å². The lowest BCUT2D eigenvalue weighted by atomic mass is 9.98. The highest BCUT2D eigenvalue weighted by molar-refractivity contribution is 5.98. The van der Waals surface area contributed by atoms with Crippen LogP contribution in [0.2, 0.25) is 0 Å². The average Bonchev–Trinajstić information content (AvgIpc) is 4.11. The van der Waals surface area contributed by atoms with Gasteiger partial charge in [0.05, 0.1) is 20.3 Å². The van der Waals surface area contributed by atoms with Crippen LogP contribution in [0.25, 0.3) is 21.8 Å². The quantitative estimate of drug-likeness (QED) is 0.128. The highest BCUT2D eigenvalue weighted by atomic mass is 16.5. The lowest BCUT2D eigenvalue weighted by Gasteiger charge is -2.33. The van der Waals surface area contributed by atoms with Gasteiger partial charge in [-0.25, -0.2) is 0 Å². The monoisotopic (exact) mass is 864 g/mol. The number of benzene rings is 4. The number of hydrogen-bond acceptors (Lipinski definition) is 8. The molecule has 4 aromatic carbocycles. The Kier molecular flexibility index (Phi) is 12.6. The van der Waals surface area contributed by atoms with Gasteiger partial charge in [0.15, 0.2) is 0 Å². The number of amides is 2. The minimum atomic E-state index is -0.390. The van der Waals surface area contributed by atoms with Gasteiger partial charge in [0.2, 0.25) is 11.8 Å². The molecule has 4 aliphatic rings. The number of aromatic nitrogens is 2. The number of aliphatic hydroxyl groups excluding tert-OH is 1. The summed E-state index contributed by atoms with van der Waals surface area (Å²) in [5.41, 5.74) is 21.6. The summed E-state index contributed by atoms with van der Waals surface area (Å²) >= 11 is 0. The van der Waals surface area contributed by atoms with Crippen LogP contribution in [0.3, 0.4) is 0 Å². The number of nitrogens with zero attached hydrogens (tertiary/aromatic N) is 4. The van der Waals surface area contributed by atoms with Crippen LogP contribution in [0.5, 0.6) is 11.5 Å². The molecule has 0 bridgehead atoms. The van der Waals surface area contributed by atoms with E-state index in [1.807, 2.05) is 36.4 Å². The molecule has 1 unspecified atom stereocenters. The van der Waals surface area contributed by atoms with E-state index in [0.717, 1.165) is 124 Å². The maximum absolute atomic E-state index is 12.0. The normalized spacial score (nSPS) is 18.2. The number of Topliss-reactive ketones (excluding diaryl/α,β-unsaturated/α-hetero) is 1. The maximum Gasteiger partial charge on any atom is 0.248 e. The second kappa shape index (κ2) is 18.6. The van der Waals surface area contributed by atoms with Gasteiger partial charge in [0.25, 0.3) is 0 Å². The molecule has 2 aromatic heterocycles. The lowest BCUT2D eigenvalue weighted by molar-refractivity contribution is -0.117. The van der Waals surface area contributed by atoms with Crippen LogP contribution in [0.1, 0.15) is 91.9 Å². The zero-order chi connectivity index (χ0) is 44.5. The van der Waals surface area contributed by atoms with E-state index in [1.54, 1.807) is 26.4 Å². The summed E-state index contributed by atoms with van der Waals surface area (Å²) in [5, 5.41) is 12.4. The summed E-state index contributed by atoms with van der Waals surface area (Å²) in [6.07, 6.45) is 12.7. The van der Waals surface area contributed by atoms with Gasteiger partial charge in [-0.05, 0) is 144 Å². The van der Waals surface area contributed by atoms with Gasteiger partial charge in [0, 0.05) is 98.7 Å². The molecule has 0 spiro atoms. The number of ether oxygens (including phenoxy) is 2. The van der Waals surface area contributed by atoms with E-state index >= 15 is 0 Å². The largest absolute Gasteiger partial charge is 0.496 e. The van der Waals surface area contributed by atoms with Crippen LogP contribution >= 0.6 is 0 Å². The van der Waals surface area contributed by atoms with E-state index in [-0.39, 0.29) is 17.9 Å². The van der Waals surface area contributed by atoms with Crippen molar-refractivity contribution in [2.24, 2.45) is 11.5 Å². The predicted molar refractivity (Wildman–Crippen MR) is 250 cm³/mol. The van der Waals surface area contributed by atoms with E-state index in [2.05, 4.69) is 55.6 Å². The van der Waals surface area contributed by atoms with Gasteiger partial charge in [-0.1, -0.05) is 24.3 Å². The first-order valence-corrected chi connectivity index (χ1v) is 22.9. The first-order chi connectivity index (χ1) is 31.1. The zero-order valence-corrected chi connectivity index (χ0v) is 37.1. The Bertz CT molecular complexity index is 2700. The summed E-state index contributed by atoms with van der Waals surface area (Å²) in [6, 6.07) is 24.6. The molecule has 0 radical (unpaired) electrons. The molecule has 2 aliphatic heterocycles. The summed E-state index contributed by atoms with van der Waals surface area (Å²) in [6.45, 7) is 6.09. The number of piperidine rings is 2. The Hall–Kier alpha value is -5.95. The number of fused-ring (bicyclic) bond motifs is 4. The summed E-state index contributed by atoms with van der Waals surface area (Å²) in [5.74, 6) is 1.37. The highest BCUT2D eigenvalue weighted by Gasteiger charge is 2.28. The molecule has 2 saturated heterocycles. The number of aliphatic hydroxyl groups is 1. The molecule has 0 saturated carbocycles. The van der Waals surface area contributed by atoms with Crippen LogP contribution in [-0.4, -0.2) is 101 Å². The number of likely N-dealkylation sites (tertiary alicyclic amines) is 2. The lowest BCUT2D eigenvalue weighted by Crippen LogP contribution is -2.36. The Labute approximate surface area is 374 Å². The van der Waals surface area contributed by atoms with Gasteiger partial charge in [-0.2, -0.15) is 0 Å². The fourth-order valence-corrected chi connectivity index (χ4v) is 10.9. The molecule has 5 N–H and O–H groups in total.